The van der Waals surface area contributed by atoms with Crippen molar-refractivity contribution in [1.82, 2.24) is 0 Å². The van der Waals surface area contributed by atoms with Gasteiger partial charge >= 0.3 is 39.5 Å². The fourth-order valence-electron chi connectivity index (χ4n) is 11.2. The molecule has 0 aliphatic carbocycles. The second-order valence-electron chi connectivity index (χ2n) is 28.1. The van der Waals surface area contributed by atoms with E-state index in [1.165, 1.54) is 186 Å². The summed E-state index contributed by atoms with van der Waals surface area (Å²) >= 11 is 0. The Kier molecular flexibility index (Phi) is 63.4. The van der Waals surface area contributed by atoms with E-state index in [4.69, 9.17) is 37.0 Å². The maximum absolute atomic E-state index is 13.1. The summed E-state index contributed by atoms with van der Waals surface area (Å²) in [6, 6.07) is 0. The Balaban J connectivity index is 5.24. The summed E-state index contributed by atoms with van der Waals surface area (Å²) < 4.78 is 68.4. The Bertz CT molecular complexity index is 1820. The van der Waals surface area contributed by atoms with Crippen LogP contribution in [0.4, 0.5) is 0 Å². The standard InChI is InChI=1S/C74H144O17P2/c1-8-9-10-11-12-24-34-41-48-55-71(76)84-61-69(90-74(79)58-51-44-37-30-23-17-20-27-33-40-47-54-67(6)7)63-88-92(80,81)86-59-68(75)60-87-93(82,83)89-64-70(91-73(78)57-50-43-36-29-22-16-14-19-26-32-39-46-53-66(4)5)62-85-72(77)56-49-42-35-28-21-15-13-18-25-31-38-45-52-65(2)3/h65-70,75H,8-64H2,1-7H3,(H,80,81)(H,82,83)/t68-,69+,70+/m0/s1. The molecule has 0 heterocycles. The van der Waals surface area contributed by atoms with Gasteiger partial charge in [-0.25, -0.2) is 9.13 Å². The van der Waals surface area contributed by atoms with Crippen molar-refractivity contribution in [3.8, 4) is 0 Å². The average Bonchev–Trinajstić information content (AvgIpc) is 1.37. The van der Waals surface area contributed by atoms with E-state index < -0.39 is 97.5 Å². The second kappa shape index (κ2) is 64.7. The molecule has 0 amide bonds. The average molecular weight is 1370 g/mol. The molecule has 0 saturated heterocycles. The number of rotatable bonds is 72. The number of hydrogen-bond donors (Lipinski definition) is 3. The first kappa shape index (κ1) is 91.1. The van der Waals surface area contributed by atoms with Crippen molar-refractivity contribution in [2.45, 2.75) is 394 Å². The van der Waals surface area contributed by atoms with Gasteiger partial charge in [0.2, 0.25) is 0 Å². The largest absolute Gasteiger partial charge is 0.472 e. The maximum atomic E-state index is 13.1. The summed E-state index contributed by atoms with van der Waals surface area (Å²) in [6.45, 7) is 11.9. The number of hydrogen-bond acceptors (Lipinski definition) is 15. The lowest BCUT2D eigenvalue weighted by Gasteiger charge is -2.21. The lowest BCUT2D eigenvalue weighted by atomic mass is 10.0. The highest BCUT2D eigenvalue weighted by Crippen LogP contribution is 2.45. The van der Waals surface area contributed by atoms with Gasteiger partial charge in [-0.15, -0.1) is 0 Å². The SMILES string of the molecule is CCCCCCCCCCCC(=O)OC[C@H](COP(=O)(O)OC[C@H](O)COP(=O)(O)OC[C@@H](COC(=O)CCCCCCCCCCCCCCC(C)C)OC(=O)CCCCCCCCCCCCCCC(C)C)OC(=O)CCCCCCCCCCCCCC(C)C. The lowest BCUT2D eigenvalue weighted by Crippen LogP contribution is -2.30. The Morgan fingerprint density at radius 3 is 0.731 bits per heavy atom. The summed E-state index contributed by atoms with van der Waals surface area (Å²) in [7, 11) is -9.91. The number of phosphoric ester groups is 2. The minimum Gasteiger partial charge on any atom is -0.462 e. The molecule has 0 aromatic carbocycles. The number of carbonyl (C=O) groups excluding carboxylic acids is 4. The van der Waals surface area contributed by atoms with Crippen LogP contribution in [0.3, 0.4) is 0 Å². The summed E-state index contributed by atoms with van der Waals surface area (Å²) in [5.74, 6) is 0.204. The van der Waals surface area contributed by atoms with E-state index in [0.29, 0.717) is 25.7 Å². The molecule has 0 aromatic rings. The first-order chi connectivity index (χ1) is 44.7. The van der Waals surface area contributed by atoms with Crippen LogP contribution >= 0.6 is 15.6 Å². The molecule has 0 rings (SSSR count). The van der Waals surface area contributed by atoms with E-state index in [0.717, 1.165) is 108 Å². The quantitative estimate of drug-likeness (QED) is 0.0222. The minimum atomic E-state index is -4.96. The van der Waals surface area contributed by atoms with Crippen molar-refractivity contribution in [2.75, 3.05) is 39.6 Å². The Morgan fingerprint density at radius 2 is 0.495 bits per heavy atom. The Hall–Kier alpha value is -1.94. The Labute approximate surface area is 568 Å². The molecule has 93 heavy (non-hydrogen) atoms. The molecule has 0 radical (unpaired) electrons. The minimum absolute atomic E-state index is 0.106. The smallest absolute Gasteiger partial charge is 0.462 e. The molecule has 0 bridgehead atoms. The number of carbonyl (C=O) groups is 4. The predicted molar refractivity (Wildman–Crippen MR) is 377 cm³/mol. The molecular weight excluding hydrogens is 1220 g/mol. The van der Waals surface area contributed by atoms with E-state index in [1.807, 2.05) is 0 Å². The molecule has 0 saturated carbocycles. The molecule has 0 spiro atoms. The highest BCUT2D eigenvalue weighted by atomic mass is 31.2. The van der Waals surface area contributed by atoms with E-state index in [-0.39, 0.29) is 25.7 Å². The van der Waals surface area contributed by atoms with Crippen molar-refractivity contribution in [3.63, 3.8) is 0 Å². The third kappa shape index (κ3) is 68.4. The van der Waals surface area contributed by atoms with Crippen molar-refractivity contribution >= 4 is 39.5 Å². The van der Waals surface area contributed by atoms with E-state index in [1.54, 1.807) is 0 Å². The van der Waals surface area contributed by atoms with Gasteiger partial charge in [0.25, 0.3) is 0 Å². The highest BCUT2D eigenvalue weighted by Gasteiger charge is 2.30. The Morgan fingerprint density at radius 1 is 0.290 bits per heavy atom. The summed E-state index contributed by atoms with van der Waals surface area (Å²) in [5, 5.41) is 10.6. The molecule has 5 atom stereocenters. The molecule has 0 aliphatic rings. The predicted octanol–water partition coefficient (Wildman–Crippen LogP) is 21.4. The molecule has 552 valence electrons. The van der Waals surface area contributed by atoms with Crippen LogP contribution < -0.4 is 0 Å². The summed E-state index contributed by atoms with van der Waals surface area (Å²) in [5.41, 5.74) is 0. The maximum Gasteiger partial charge on any atom is 0.472 e. The fraction of sp³-hybridized carbons (Fsp3) is 0.946. The molecule has 19 heteroatoms. The summed E-state index contributed by atoms with van der Waals surface area (Å²) in [4.78, 5) is 72.7. The molecule has 3 N–H and O–H groups in total. The topological polar surface area (TPSA) is 237 Å². The number of phosphoric acid groups is 2. The van der Waals surface area contributed by atoms with Crippen LogP contribution in [0.1, 0.15) is 376 Å². The first-order valence-corrected chi connectivity index (χ1v) is 41.3. The number of unbranched alkanes of at least 4 members (excludes halogenated alkanes) is 40. The third-order valence-electron chi connectivity index (χ3n) is 17.1. The van der Waals surface area contributed by atoms with Crippen LogP contribution in [-0.2, 0) is 65.4 Å². The van der Waals surface area contributed by atoms with Gasteiger partial charge in [0.05, 0.1) is 26.4 Å². The van der Waals surface area contributed by atoms with Crippen molar-refractivity contribution < 1.29 is 80.2 Å². The third-order valence-corrected chi connectivity index (χ3v) is 19.0. The van der Waals surface area contributed by atoms with Gasteiger partial charge in [-0.1, -0.05) is 325 Å². The summed E-state index contributed by atoms with van der Waals surface area (Å²) in [6.07, 6.45) is 49.8. The van der Waals surface area contributed by atoms with E-state index in [2.05, 4.69) is 48.5 Å². The zero-order valence-electron chi connectivity index (χ0n) is 60.7. The number of ether oxygens (including phenoxy) is 4. The molecule has 2 unspecified atom stereocenters. The second-order valence-corrected chi connectivity index (χ2v) is 31.0. The number of aliphatic hydroxyl groups is 1. The van der Waals surface area contributed by atoms with Gasteiger partial charge in [0.15, 0.2) is 12.2 Å². The number of aliphatic hydroxyl groups excluding tert-OH is 1. The van der Waals surface area contributed by atoms with Gasteiger partial charge in [-0.3, -0.25) is 37.3 Å². The molecule has 0 aliphatic heterocycles. The van der Waals surface area contributed by atoms with Crippen molar-refractivity contribution in [3.05, 3.63) is 0 Å². The lowest BCUT2D eigenvalue weighted by molar-refractivity contribution is -0.161. The van der Waals surface area contributed by atoms with Gasteiger partial charge < -0.3 is 33.8 Å². The normalized spacial score (nSPS) is 14.1. The monoisotopic (exact) mass is 1370 g/mol. The van der Waals surface area contributed by atoms with Crippen LogP contribution in [0.2, 0.25) is 0 Å². The zero-order valence-corrected chi connectivity index (χ0v) is 62.5. The molecule has 0 aromatic heterocycles. The first-order valence-electron chi connectivity index (χ1n) is 38.3. The van der Waals surface area contributed by atoms with Crippen LogP contribution in [0.15, 0.2) is 0 Å². The van der Waals surface area contributed by atoms with Gasteiger partial charge in [0, 0.05) is 25.7 Å². The van der Waals surface area contributed by atoms with E-state index in [9.17, 15) is 43.2 Å². The van der Waals surface area contributed by atoms with Gasteiger partial charge in [-0.05, 0) is 43.4 Å². The van der Waals surface area contributed by atoms with Crippen LogP contribution in [0.25, 0.3) is 0 Å². The van der Waals surface area contributed by atoms with Crippen LogP contribution in [0, 0.1) is 17.8 Å². The number of esters is 4. The molecule has 17 nitrogen and oxygen atoms in total. The van der Waals surface area contributed by atoms with Gasteiger partial charge in [0.1, 0.15) is 19.3 Å². The molecular formula is C74H144O17P2. The van der Waals surface area contributed by atoms with Crippen LogP contribution in [-0.4, -0.2) is 96.7 Å². The fourth-order valence-corrected chi connectivity index (χ4v) is 12.8. The van der Waals surface area contributed by atoms with Gasteiger partial charge in [-0.2, -0.15) is 0 Å². The highest BCUT2D eigenvalue weighted by molar-refractivity contribution is 7.47. The van der Waals surface area contributed by atoms with Crippen molar-refractivity contribution in [2.24, 2.45) is 17.8 Å². The molecule has 0 fully saturated rings. The van der Waals surface area contributed by atoms with E-state index >= 15 is 0 Å². The van der Waals surface area contributed by atoms with Crippen molar-refractivity contribution in [1.29, 1.82) is 0 Å². The zero-order chi connectivity index (χ0) is 68.7. The van der Waals surface area contributed by atoms with Crippen LogP contribution in [0.5, 0.6) is 0 Å².